The number of carbonyl (C=O) groups is 1. The first-order valence-electron chi connectivity index (χ1n) is 8.17. The predicted molar refractivity (Wildman–Crippen MR) is 89.0 cm³/mol. The minimum Gasteiger partial charge on any atom is -0.350 e. The first-order chi connectivity index (χ1) is 12.2. The van der Waals surface area contributed by atoms with E-state index in [-0.39, 0.29) is 23.3 Å². The smallest absolute Gasteiger partial charge is 0.340 e. The standard InChI is InChI=1S/C17H17N5O3/c23-16(14-10-13(21-25-14)11-4-2-1-3-5-11)22-8-6-12(7-9-22)15-18-17(24)20-19-15/h1-5,10,12H,6-9H2,(H2,18,19,20,24). The van der Waals surface area contributed by atoms with Crippen LogP contribution in [-0.4, -0.2) is 44.2 Å². The lowest BCUT2D eigenvalue weighted by molar-refractivity contribution is 0.0669. The van der Waals surface area contributed by atoms with E-state index in [1.165, 1.54) is 0 Å². The quantitative estimate of drug-likeness (QED) is 0.756. The van der Waals surface area contributed by atoms with Crippen LogP contribution in [0.5, 0.6) is 0 Å². The molecule has 2 aromatic heterocycles. The molecular formula is C17H17N5O3. The molecule has 1 amide bonds. The van der Waals surface area contributed by atoms with Gasteiger partial charge in [-0.25, -0.2) is 9.89 Å². The Morgan fingerprint density at radius 3 is 2.64 bits per heavy atom. The number of aromatic amines is 2. The van der Waals surface area contributed by atoms with E-state index in [2.05, 4.69) is 20.3 Å². The number of piperidine rings is 1. The SMILES string of the molecule is O=C(c1cc(-c2ccccc2)no1)N1CCC(c2n[nH]c(=O)[nH]2)CC1. The number of nitrogens with zero attached hydrogens (tertiary/aromatic N) is 3. The average molecular weight is 339 g/mol. The van der Waals surface area contributed by atoms with Crippen molar-refractivity contribution in [1.82, 2.24) is 25.2 Å². The van der Waals surface area contributed by atoms with E-state index in [4.69, 9.17) is 4.52 Å². The molecule has 0 radical (unpaired) electrons. The summed E-state index contributed by atoms with van der Waals surface area (Å²) in [5.41, 5.74) is 1.25. The summed E-state index contributed by atoms with van der Waals surface area (Å²) in [6, 6.07) is 11.3. The van der Waals surface area contributed by atoms with Gasteiger partial charge in [0.1, 0.15) is 11.5 Å². The summed E-state index contributed by atoms with van der Waals surface area (Å²) in [5.74, 6) is 0.884. The molecular weight excluding hydrogens is 322 g/mol. The Kier molecular flexibility index (Phi) is 3.93. The zero-order chi connectivity index (χ0) is 17.2. The second kappa shape index (κ2) is 6.39. The highest BCUT2D eigenvalue weighted by Crippen LogP contribution is 2.26. The van der Waals surface area contributed by atoms with E-state index >= 15 is 0 Å². The van der Waals surface area contributed by atoms with Gasteiger partial charge in [-0.3, -0.25) is 9.78 Å². The Labute approximate surface area is 142 Å². The van der Waals surface area contributed by atoms with E-state index < -0.39 is 0 Å². The lowest BCUT2D eigenvalue weighted by Crippen LogP contribution is -2.38. The maximum atomic E-state index is 12.6. The number of carbonyl (C=O) groups excluding carboxylic acids is 1. The van der Waals surface area contributed by atoms with Gasteiger partial charge in [-0.15, -0.1) is 0 Å². The Morgan fingerprint density at radius 2 is 1.96 bits per heavy atom. The van der Waals surface area contributed by atoms with Gasteiger partial charge in [0.25, 0.3) is 5.91 Å². The van der Waals surface area contributed by atoms with Gasteiger partial charge in [-0.2, -0.15) is 5.10 Å². The molecule has 0 spiro atoms. The molecule has 25 heavy (non-hydrogen) atoms. The van der Waals surface area contributed by atoms with E-state index in [1.54, 1.807) is 11.0 Å². The fraction of sp³-hybridized carbons (Fsp3) is 0.294. The molecule has 1 aromatic carbocycles. The molecule has 1 fully saturated rings. The van der Waals surface area contributed by atoms with Gasteiger partial charge in [0.15, 0.2) is 0 Å². The molecule has 8 nitrogen and oxygen atoms in total. The third-order valence-electron chi connectivity index (χ3n) is 4.48. The Balaban J connectivity index is 1.42. The van der Waals surface area contributed by atoms with Crippen LogP contribution in [-0.2, 0) is 0 Å². The zero-order valence-corrected chi connectivity index (χ0v) is 13.4. The van der Waals surface area contributed by atoms with Crippen LogP contribution >= 0.6 is 0 Å². The highest BCUT2D eigenvalue weighted by atomic mass is 16.5. The largest absolute Gasteiger partial charge is 0.350 e. The third-order valence-corrected chi connectivity index (χ3v) is 4.48. The normalized spacial score (nSPS) is 15.4. The van der Waals surface area contributed by atoms with E-state index in [9.17, 15) is 9.59 Å². The number of nitrogens with one attached hydrogen (secondary N) is 2. The number of benzene rings is 1. The Hall–Kier alpha value is -3.16. The summed E-state index contributed by atoms with van der Waals surface area (Å²) < 4.78 is 5.24. The molecule has 128 valence electrons. The molecule has 1 saturated heterocycles. The highest BCUT2D eigenvalue weighted by Gasteiger charge is 2.28. The lowest BCUT2D eigenvalue weighted by Gasteiger charge is -2.30. The van der Waals surface area contributed by atoms with Crippen LogP contribution in [0.3, 0.4) is 0 Å². The van der Waals surface area contributed by atoms with Crippen molar-refractivity contribution in [3.05, 3.63) is 58.5 Å². The summed E-state index contributed by atoms with van der Waals surface area (Å²) in [5, 5.41) is 10.3. The molecule has 0 aliphatic carbocycles. The van der Waals surface area contributed by atoms with Gasteiger partial charge in [0.2, 0.25) is 5.76 Å². The minimum atomic E-state index is -0.302. The van der Waals surface area contributed by atoms with E-state index in [0.717, 1.165) is 18.4 Å². The first kappa shape index (κ1) is 15.4. The average Bonchev–Trinajstić information content (AvgIpc) is 3.31. The molecule has 1 aliphatic heterocycles. The lowest BCUT2D eigenvalue weighted by atomic mass is 9.96. The molecule has 0 bridgehead atoms. The van der Waals surface area contributed by atoms with Crippen LogP contribution in [0.25, 0.3) is 11.3 Å². The molecule has 3 aromatic rings. The van der Waals surface area contributed by atoms with Crippen LogP contribution < -0.4 is 5.69 Å². The summed E-state index contributed by atoms with van der Waals surface area (Å²) in [4.78, 5) is 28.2. The predicted octanol–water partition coefficient (Wildman–Crippen LogP) is 1.77. The van der Waals surface area contributed by atoms with Crippen LogP contribution in [0.15, 0.2) is 45.7 Å². The molecule has 0 saturated carbocycles. The van der Waals surface area contributed by atoms with E-state index in [1.807, 2.05) is 30.3 Å². The number of aromatic nitrogens is 4. The van der Waals surface area contributed by atoms with Gasteiger partial charge in [-0.05, 0) is 12.8 Å². The molecule has 0 atom stereocenters. The number of amides is 1. The monoisotopic (exact) mass is 339 g/mol. The van der Waals surface area contributed by atoms with Crippen molar-refractivity contribution in [2.45, 2.75) is 18.8 Å². The molecule has 2 N–H and O–H groups in total. The van der Waals surface area contributed by atoms with Crippen molar-refractivity contribution in [1.29, 1.82) is 0 Å². The van der Waals surface area contributed by atoms with Gasteiger partial charge >= 0.3 is 5.69 Å². The fourth-order valence-corrected chi connectivity index (χ4v) is 3.11. The second-order valence-electron chi connectivity index (χ2n) is 6.07. The summed E-state index contributed by atoms with van der Waals surface area (Å²) in [6.07, 6.45) is 1.48. The van der Waals surface area contributed by atoms with Gasteiger partial charge in [0, 0.05) is 30.6 Å². The van der Waals surface area contributed by atoms with Crippen molar-refractivity contribution in [3.8, 4) is 11.3 Å². The van der Waals surface area contributed by atoms with Crippen molar-refractivity contribution >= 4 is 5.91 Å². The Morgan fingerprint density at radius 1 is 1.20 bits per heavy atom. The van der Waals surface area contributed by atoms with Crippen LogP contribution in [0.4, 0.5) is 0 Å². The molecule has 3 heterocycles. The van der Waals surface area contributed by atoms with E-state index in [0.29, 0.717) is 24.6 Å². The highest BCUT2D eigenvalue weighted by molar-refractivity contribution is 5.92. The maximum Gasteiger partial charge on any atom is 0.340 e. The van der Waals surface area contributed by atoms with Crippen molar-refractivity contribution in [2.75, 3.05) is 13.1 Å². The molecule has 4 rings (SSSR count). The van der Waals surface area contributed by atoms with Gasteiger partial charge < -0.3 is 9.42 Å². The number of likely N-dealkylation sites (tertiary alicyclic amines) is 1. The summed E-state index contributed by atoms with van der Waals surface area (Å²) in [6.45, 7) is 1.17. The van der Waals surface area contributed by atoms with Crippen LogP contribution in [0.2, 0.25) is 0 Å². The summed E-state index contributed by atoms with van der Waals surface area (Å²) in [7, 11) is 0. The van der Waals surface area contributed by atoms with Crippen LogP contribution in [0.1, 0.15) is 35.1 Å². The second-order valence-corrected chi connectivity index (χ2v) is 6.07. The number of hydrogen-bond acceptors (Lipinski definition) is 5. The minimum absolute atomic E-state index is 0.151. The van der Waals surface area contributed by atoms with Crippen molar-refractivity contribution < 1.29 is 9.32 Å². The van der Waals surface area contributed by atoms with Crippen molar-refractivity contribution in [2.24, 2.45) is 0 Å². The zero-order valence-electron chi connectivity index (χ0n) is 13.4. The number of H-pyrrole nitrogens is 2. The Bertz CT molecular complexity index is 919. The topological polar surface area (TPSA) is 108 Å². The van der Waals surface area contributed by atoms with Crippen LogP contribution in [0, 0.1) is 0 Å². The van der Waals surface area contributed by atoms with Gasteiger partial charge in [0.05, 0.1) is 0 Å². The number of rotatable bonds is 3. The third kappa shape index (κ3) is 3.10. The number of hydrogen-bond donors (Lipinski definition) is 2. The molecule has 8 heteroatoms. The molecule has 0 unspecified atom stereocenters. The summed E-state index contributed by atoms with van der Waals surface area (Å²) >= 11 is 0. The van der Waals surface area contributed by atoms with Gasteiger partial charge in [-0.1, -0.05) is 35.5 Å². The first-order valence-corrected chi connectivity index (χ1v) is 8.17. The fourth-order valence-electron chi connectivity index (χ4n) is 3.11. The van der Waals surface area contributed by atoms with Crippen molar-refractivity contribution in [3.63, 3.8) is 0 Å². The molecule has 1 aliphatic rings. The maximum absolute atomic E-state index is 12.6.